The van der Waals surface area contributed by atoms with Crippen molar-refractivity contribution in [2.45, 2.75) is 6.10 Å². The first kappa shape index (κ1) is 14.2. The minimum atomic E-state index is -0.392. The summed E-state index contributed by atoms with van der Waals surface area (Å²) in [4.78, 5) is 11.0. The Balaban J connectivity index is 0.000000357. The Morgan fingerprint density at radius 3 is 2.61 bits per heavy atom. The molecular formula is C14H16O4. The SMILES string of the molecule is C=CC(=O)OC1C=Cc2ccccc21.OCCO. The maximum absolute atomic E-state index is 11.0. The van der Waals surface area contributed by atoms with Crippen LogP contribution in [0.2, 0.25) is 0 Å². The summed E-state index contributed by atoms with van der Waals surface area (Å²) in [6.07, 6.45) is 4.74. The van der Waals surface area contributed by atoms with E-state index < -0.39 is 5.97 Å². The van der Waals surface area contributed by atoms with E-state index >= 15 is 0 Å². The number of carbonyl (C=O) groups excluding carboxylic acids is 1. The normalized spacial score (nSPS) is 15.3. The van der Waals surface area contributed by atoms with Crippen molar-refractivity contribution in [3.8, 4) is 0 Å². The zero-order chi connectivity index (χ0) is 13.4. The van der Waals surface area contributed by atoms with Gasteiger partial charge in [0.2, 0.25) is 0 Å². The molecule has 4 heteroatoms. The molecule has 1 aromatic rings. The Morgan fingerprint density at radius 2 is 2.00 bits per heavy atom. The second kappa shape index (κ2) is 7.42. The molecule has 0 amide bonds. The Kier molecular flexibility index (Phi) is 5.84. The summed E-state index contributed by atoms with van der Waals surface area (Å²) in [7, 11) is 0. The highest BCUT2D eigenvalue weighted by Gasteiger charge is 2.18. The molecule has 96 valence electrons. The monoisotopic (exact) mass is 248 g/mol. The second-order valence-corrected chi connectivity index (χ2v) is 3.50. The van der Waals surface area contributed by atoms with Gasteiger partial charge in [-0.1, -0.05) is 36.9 Å². The summed E-state index contributed by atoms with van der Waals surface area (Å²) in [5.41, 5.74) is 2.14. The topological polar surface area (TPSA) is 66.8 Å². The molecule has 1 atom stereocenters. The number of benzene rings is 1. The van der Waals surface area contributed by atoms with Gasteiger partial charge in [-0.05, 0) is 11.6 Å². The van der Waals surface area contributed by atoms with Crippen LogP contribution >= 0.6 is 0 Å². The quantitative estimate of drug-likeness (QED) is 0.627. The Bertz CT molecular complexity index is 435. The minimum absolute atomic E-state index is 0.125. The van der Waals surface area contributed by atoms with E-state index in [0.717, 1.165) is 11.1 Å². The van der Waals surface area contributed by atoms with Crippen molar-refractivity contribution in [1.29, 1.82) is 0 Å². The number of fused-ring (bicyclic) bond motifs is 1. The van der Waals surface area contributed by atoms with Crippen LogP contribution in [0.25, 0.3) is 6.08 Å². The number of rotatable bonds is 3. The van der Waals surface area contributed by atoms with Gasteiger partial charge in [-0.15, -0.1) is 0 Å². The Morgan fingerprint density at radius 1 is 1.33 bits per heavy atom. The predicted molar refractivity (Wildman–Crippen MR) is 68.7 cm³/mol. The number of carbonyl (C=O) groups is 1. The summed E-state index contributed by atoms with van der Waals surface area (Å²) in [6.45, 7) is 3.11. The number of hydrogen-bond donors (Lipinski definition) is 2. The van der Waals surface area contributed by atoms with Gasteiger partial charge >= 0.3 is 5.97 Å². The summed E-state index contributed by atoms with van der Waals surface area (Å²) in [5, 5.41) is 15.2. The molecule has 18 heavy (non-hydrogen) atoms. The number of hydrogen-bond acceptors (Lipinski definition) is 4. The van der Waals surface area contributed by atoms with Gasteiger partial charge in [-0.3, -0.25) is 0 Å². The molecule has 1 aliphatic carbocycles. The van der Waals surface area contributed by atoms with Gasteiger partial charge in [0, 0.05) is 11.6 Å². The van der Waals surface area contributed by atoms with Gasteiger partial charge in [0.1, 0.15) is 6.10 Å². The van der Waals surface area contributed by atoms with Gasteiger partial charge in [-0.2, -0.15) is 0 Å². The number of aliphatic hydroxyl groups excluding tert-OH is 2. The summed E-state index contributed by atoms with van der Waals surface area (Å²) >= 11 is 0. The summed E-state index contributed by atoms with van der Waals surface area (Å²) < 4.78 is 5.14. The maximum atomic E-state index is 11.0. The van der Waals surface area contributed by atoms with Crippen LogP contribution in [0.3, 0.4) is 0 Å². The van der Waals surface area contributed by atoms with Crippen LogP contribution in [-0.4, -0.2) is 29.4 Å². The Hall–Kier alpha value is -1.91. The van der Waals surface area contributed by atoms with Crippen molar-refractivity contribution < 1.29 is 19.7 Å². The lowest BCUT2D eigenvalue weighted by atomic mass is 10.1. The van der Waals surface area contributed by atoms with E-state index in [2.05, 4.69) is 6.58 Å². The van der Waals surface area contributed by atoms with E-state index in [4.69, 9.17) is 14.9 Å². The molecule has 4 nitrogen and oxygen atoms in total. The fourth-order valence-corrected chi connectivity index (χ4v) is 1.49. The maximum Gasteiger partial charge on any atom is 0.331 e. The summed E-state index contributed by atoms with van der Waals surface area (Å²) in [5.74, 6) is -0.392. The molecule has 1 aliphatic rings. The molecule has 2 rings (SSSR count). The average Bonchev–Trinajstić information content (AvgIpc) is 2.82. The summed E-state index contributed by atoms with van der Waals surface area (Å²) in [6, 6.07) is 7.84. The second-order valence-electron chi connectivity index (χ2n) is 3.50. The first-order valence-corrected chi connectivity index (χ1v) is 5.54. The fraction of sp³-hybridized carbons (Fsp3) is 0.214. The van der Waals surface area contributed by atoms with E-state index in [1.165, 1.54) is 6.08 Å². The van der Waals surface area contributed by atoms with Crippen LogP contribution in [0.1, 0.15) is 17.2 Å². The van der Waals surface area contributed by atoms with E-state index in [-0.39, 0.29) is 19.3 Å². The molecule has 0 saturated carbocycles. The van der Waals surface area contributed by atoms with Crippen molar-refractivity contribution in [2.75, 3.05) is 13.2 Å². The van der Waals surface area contributed by atoms with Crippen molar-refractivity contribution in [3.63, 3.8) is 0 Å². The molecule has 0 fully saturated rings. The zero-order valence-corrected chi connectivity index (χ0v) is 9.95. The van der Waals surface area contributed by atoms with E-state index in [1.807, 2.05) is 36.4 Å². The van der Waals surface area contributed by atoms with Crippen molar-refractivity contribution >= 4 is 12.0 Å². The first-order valence-electron chi connectivity index (χ1n) is 5.54. The van der Waals surface area contributed by atoms with Crippen molar-refractivity contribution in [1.82, 2.24) is 0 Å². The standard InChI is InChI=1S/C12H10O2.C2H6O2/c1-2-12(13)14-11-8-7-9-5-3-4-6-10(9)11;3-1-2-4/h2-8,11H,1H2;3-4H,1-2H2. The van der Waals surface area contributed by atoms with Crippen molar-refractivity contribution in [2.24, 2.45) is 0 Å². The van der Waals surface area contributed by atoms with Crippen LogP contribution in [0.4, 0.5) is 0 Å². The highest BCUT2D eigenvalue weighted by molar-refractivity contribution is 5.82. The third kappa shape index (κ3) is 3.84. The first-order chi connectivity index (χ1) is 8.72. The molecule has 1 unspecified atom stereocenters. The molecule has 0 radical (unpaired) electrons. The van der Waals surface area contributed by atoms with Gasteiger partial charge in [-0.25, -0.2) is 4.79 Å². The molecule has 0 spiro atoms. The van der Waals surface area contributed by atoms with Crippen molar-refractivity contribution in [3.05, 3.63) is 54.1 Å². The average molecular weight is 248 g/mol. The largest absolute Gasteiger partial charge is 0.450 e. The lowest BCUT2D eigenvalue weighted by molar-refractivity contribution is -0.141. The molecule has 0 bridgehead atoms. The van der Waals surface area contributed by atoms with Crippen LogP contribution in [0.15, 0.2) is 43.0 Å². The lowest BCUT2D eigenvalue weighted by Crippen LogP contribution is -2.05. The minimum Gasteiger partial charge on any atom is -0.450 e. The number of aliphatic hydroxyl groups is 2. The molecule has 0 heterocycles. The van der Waals surface area contributed by atoms with Gasteiger partial charge in [0.05, 0.1) is 13.2 Å². The molecule has 0 saturated heterocycles. The van der Waals surface area contributed by atoms with Gasteiger partial charge in [0.25, 0.3) is 0 Å². The molecule has 2 N–H and O–H groups in total. The Labute approximate surface area is 106 Å². The third-order valence-electron chi connectivity index (χ3n) is 2.26. The van der Waals surface area contributed by atoms with Gasteiger partial charge < -0.3 is 14.9 Å². The molecular weight excluding hydrogens is 232 g/mol. The van der Waals surface area contributed by atoms with E-state index in [1.54, 1.807) is 0 Å². The van der Waals surface area contributed by atoms with Crippen LogP contribution in [0.5, 0.6) is 0 Å². The number of ether oxygens (including phenoxy) is 1. The third-order valence-corrected chi connectivity index (χ3v) is 2.26. The van der Waals surface area contributed by atoms with E-state index in [0.29, 0.717) is 0 Å². The number of esters is 1. The zero-order valence-electron chi connectivity index (χ0n) is 9.95. The van der Waals surface area contributed by atoms with Crippen LogP contribution < -0.4 is 0 Å². The lowest BCUT2D eigenvalue weighted by Gasteiger charge is -2.10. The van der Waals surface area contributed by atoms with Crippen LogP contribution in [0, 0.1) is 0 Å². The smallest absolute Gasteiger partial charge is 0.331 e. The molecule has 0 aliphatic heterocycles. The van der Waals surface area contributed by atoms with Gasteiger partial charge in [0.15, 0.2) is 0 Å². The van der Waals surface area contributed by atoms with Crippen LogP contribution in [-0.2, 0) is 9.53 Å². The van der Waals surface area contributed by atoms with E-state index in [9.17, 15) is 4.79 Å². The predicted octanol–water partition coefficient (Wildman–Crippen LogP) is 1.45. The molecule has 0 aromatic heterocycles. The molecule has 1 aromatic carbocycles. The fourth-order valence-electron chi connectivity index (χ4n) is 1.49. The highest BCUT2D eigenvalue weighted by atomic mass is 16.5. The highest BCUT2D eigenvalue weighted by Crippen LogP contribution is 2.30.